The topological polar surface area (TPSA) is 63.3 Å². The quantitative estimate of drug-likeness (QED) is 0.676. The Morgan fingerprint density at radius 1 is 1.38 bits per heavy atom. The molecule has 0 aromatic rings. The first-order valence-corrected chi connectivity index (χ1v) is 5.15. The molecule has 0 radical (unpaired) electrons. The van der Waals surface area contributed by atoms with Gasteiger partial charge in [-0.1, -0.05) is 19.3 Å². The van der Waals surface area contributed by atoms with Crippen LogP contribution in [0.1, 0.15) is 32.1 Å². The summed E-state index contributed by atoms with van der Waals surface area (Å²) in [5.41, 5.74) is 5.71. The number of carbonyl (C=O) groups is 1. The lowest BCUT2D eigenvalue weighted by Crippen LogP contribution is -2.15. The number of hydrogen-bond donors (Lipinski definition) is 2. The molecule has 2 rings (SSSR count). The normalized spacial score (nSPS) is 36.1. The highest BCUT2D eigenvalue weighted by Gasteiger charge is 2.66. The summed E-state index contributed by atoms with van der Waals surface area (Å²) in [4.78, 5) is 10.9. The molecule has 0 heterocycles. The zero-order valence-corrected chi connectivity index (χ0v) is 7.83. The fourth-order valence-electron chi connectivity index (χ4n) is 3.26. The van der Waals surface area contributed by atoms with E-state index >= 15 is 0 Å². The summed E-state index contributed by atoms with van der Waals surface area (Å²) >= 11 is 0. The largest absolute Gasteiger partial charge is 0.481 e. The van der Waals surface area contributed by atoms with Crippen LogP contribution in [0, 0.1) is 17.3 Å². The minimum Gasteiger partial charge on any atom is -0.481 e. The summed E-state index contributed by atoms with van der Waals surface area (Å²) in [6.07, 6.45) is 5.84. The highest BCUT2D eigenvalue weighted by Crippen LogP contribution is 2.65. The molecule has 0 aromatic carbocycles. The first-order valence-electron chi connectivity index (χ1n) is 5.15. The van der Waals surface area contributed by atoms with E-state index in [1.165, 1.54) is 19.3 Å². The minimum absolute atomic E-state index is 0.110. The molecule has 3 nitrogen and oxygen atoms in total. The number of nitrogens with two attached hydrogens (primary N) is 1. The molecule has 3 N–H and O–H groups in total. The van der Waals surface area contributed by atoms with Crippen LogP contribution in [-0.4, -0.2) is 17.6 Å². The minimum atomic E-state index is -0.627. The van der Waals surface area contributed by atoms with Gasteiger partial charge in [0.25, 0.3) is 0 Å². The first kappa shape index (κ1) is 9.00. The number of hydrogen-bond acceptors (Lipinski definition) is 2. The van der Waals surface area contributed by atoms with Gasteiger partial charge in [-0.05, 0) is 30.7 Å². The third-order valence-electron chi connectivity index (χ3n) is 3.96. The standard InChI is InChI=1S/C10H17NO2/c11-6-7-8(9(12)13)10(7)4-2-1-3-5-10/h7-8H,1-6,11H2,(H,12,13). The molecule has 13 heavy (non-hydrogen) atoms. The molecule has 74 valence electrons. The molecule has 0 aliphatic heterocycles. The van der Waals surface area contributed by atoms with E-state index < -0.39 is 5.97 Å². The number of carboxylic acid groups (broad SMARTS) is 1. The Morgan fingerprint density at radius 2 is 2.00 bits per heavy atom. The van der Waals surface area contributed by atoms with Crippen molar-refractivity contribution in [3.63, 3.8) is 0 Å². The van der Waals surface area contributed by atoms with E-state index in [9.17, 15) is 4.79 Å². The second-order valence-corrected chi connectivity index (χ2v) is 4.45. The molecule has 1 spiro atoms. The van der Waals surface area contributed by atoms with Crippen molar-refractivity contribution in [2.24, 2.45) is 23.0 Å². The Labute approximate surface area is 78.3 Å². The molecule has 0 saturated heterocycles. The van der Waals surface area contributed by atoms with Gasteiger partial charge in [-0.15, -0.1) is 0 Å². The first-order chi connectivity index (χ1) is 6.22. The van der Waals surface area contributed by atoms with E-state index in [0.717, 1.165) is 12.8 Å². The van der Waals surface area contributed by atoms with Crippen LogP contribution in [0.4, 0.5) is 0 Å². The molecular weight excluding hydrogens is 166 g/mol. The third-order valence-corrected chi connectivity index (χ3v) is 3.96. The summed E-state index contributed by atoms with van der Waals surface area (Å²) in [6.45, 7) is 0.553. The second kappa shape index (κ2) is 2.98. The highest BCUT2D eigenvalue weighted by molar-refractivity contribution is 5.75. The SMILES string of the molecule is NCC1C(C(=O)O)C12CCCCC2. The molecule has 3 heteroatoms. The van der Waals surface area contributed by atoms with Gasteiger partial charge in [0.1, 0.15) is 0 Å². The van der Waals surface area contributed by atoms with Crippen LogP contribution in [0.15, 0.2) is 0 Å². The van der Waals surface area contributed by atoms with Crippen LogP contribution in [0.2, 0.25) is 0 Å². The predicted molar refractivity (Wildman–Crippen MR) is 49.2 cm³/mol. The number of rotatable bonds is 2. The van der Waals surface area contributed by atoms with Crippen LogP contribution >= 0.6 is 0 Å². The lowest BCUT2D eigenvalue weighted by molar-refractivity contribution is -0.139. The van der Waals surface area contributed by atoms with Gasteiger partial charge in [-0.2, -0.15) is 0 Å². The predicted octanol–water partition coefficient (Wildman–Crippen LogP) is 1.23. The Hall–Kier alpha value is -0.570. The Balaban J connectivity index is 2.10. The van der Waals surface area contributed by atoms with Crippen LogP contribution < -0.4 is 5.73 Å². The van der Waals surface area contributed by atoms with Crippen molar-refractivity contribution < 1.29 is 9.90 Å². The van der Waals surface area contributed by atoms with E-state index in [1.807, 2.05) is 0 Å². The summed E-state index contributed by atoms with van der Waals surface area (Å²) < 4.78 is 0. The Morgan fingerprint density at radius 3 is 2.38 bits per heavy atom. The lowest BCUT2D eigenvalue weighted by atomic mass is 9.83. The summed E-state index contributed by atoms with van der Waals surface area (Å²) in [7, 11) is 0. The van der Waals surface area contributed by atoms with Gasteiger partial charge >= 0.3 is 5.97 Å². The average molecular weight is 183 g/mol. The molecule has 2 unspecified atom stereocenters. The lowest BCUT2D eigenvalue weighted by Gasteiger charge is -2.22. The molecule has 2 atom stereocenters. The maximum Gasteiger partial charge on any atom is 0.307 e. The molecule has 0 bridgehead atoms. The van der Waals surface area contributed by atoms with Crippen molar-refractivity contribution in [3.8, 4) is 0 Å². The van der Waals surface area contributed by atoms with Gasteiger partial charge in [0, 0.05) is 0 Å². The van der Waals surface area contributed by atoms with Crippen LogP contribution in [0.25, 0.3) is 0 Å². The smallest absolute Gasteiger partial charge is 0.307 e. The van der Waals surface area contributed by atoms with Gasteiger partial charge in [0.05, 0.1) is 5.92 Å². The van der Waals surface area contributed by atoms with E-state index in [4.69, 9.17) is 10.8 Å². The molecule has 0 aromatic heterocycles. The zero-order chi connectivity index (χ0) is 9.47. The average Bonchev–Trinajstić information content (AvgIpc) is 2.74. The van der Waals surface area contributed by atoms with E-state index in [2.05, 4.69) is 0 Å². The molecule has 2 aliphatic carbocycles. The number of aliphatic carboxylic acids is 1. The fraction of sp³-hybridized carbons (Fsp3) is 0.900. The fourth-order valence-corrected chi connectivity index (χ4v) is 3.26. The van der Waals surface area contributed by atoms with Crippen molar-refractivity contribution in [1.29, 1.82) is 0 Å². The molecular formula is C10H17NO2. The van der Waals surface area contributed by atoms with Crippen LogP contribution in [0.3, 0.4) is 0 Å². The Bertz CT molecular complexity index is 221. The number of carboxylic acids is 1. The Kier molecular flexibility index (Phi) is 2.06. The van der Waals surface area contributed by atoms with Crippen molar-refractivity contribution in [1.82, 2.24) is 0 Å². The van der Waals surface area contributed by atoms with E-state index in [0.29, 0.717) is 6.54 Å². The van der Waals surface area contributed by atoms with Crippen LogP contribution in [0.5, 0.6) is 0 Å². The summed E-state index contributed by atoms with van der Waals surface area (Å²) in [5.74, 6) is -0.486. The van der Waals surface area contributed by atoms with Crippen molar-refractivity contribution in [3.05, 3.63) is 0 Å². The third kappa shape index (κ3) is 1.17. The highest BCUT2D eigenvalue weighted by atomic mass is 16.4. The van der Waals surface area contributed by atoms with Crippen molar-refractivity contribution in [2.45, 2.75) is 32.1 Å². The zero-order valence-electron chi connectivity index (χ0n) is 7.83. The molecule has 2 fully saturated rings. The van der Waals surface area contributed by atoms with E-state index in [-0.39, 0.29) is 17.3 Å². The van der Waals surface area contributed by atoms with Gasteiger partial charge in [-0.3, -0.25) is 4.79 Å². The summed E-state index contributed by atoms with van der Waals surface area (Å²) in [6, 6.07) is 0. The maximum absolute atomic E-state index is 10.9. The van der Waals surface area contributed by atoms with Gasteiger partial charge in [-0.25, -0.2) is 0 Å². The van der Waals surface area contributed by atoms with Gasteiger partial charge < -0.3 is 10.8 Å². The van der Waals surface area contributed by atoms with Crippen LogP contribution in [-0.2, 0) is 4.79 Å². The van der Waals surface area contributed by atoms with Gasteiger partial charge in [0.2, 0.25) is 0 Å². The monoisotopic (exact) mass is 183 g/mol. The van der Waals surface area contributed by atoms with Crippen molar-refractivity contribution >= 4 is 5.97 Å². The van der Waals surface area contributed by atoms with E-state index in [1.54, 1.807) is 0 Å². The molecule has 2 aliphatic rings. The van der Waals surface area contributed by atoms with Gasteiger partial charge in [0.15, 0.2) is 0 Å². The van der Waals surface area contributed by atoms with Crippen molar-refractivity contribution in [2.75, 3.05) is 6.54 Å². The maximum atomic E-state index is 10.9. The second-order valence-electron chi connectivity index (χ2n) is 4.45. The summed E-state index contributed by atoms with van der Waals surface area (Å²) in [5, 5.41) is 9.02. The molecule has 0 amide bonds. The molecule has 2 saturated carbocycles.